The van der Waals surface area contributed by atoms with Crippen molar-refractivity contribution in [3.63, 3.8) is 0 Å². The van der Waals surface area contributed by atoms with Crippen LogP contribution in [-0.4, -0.2) is 42.5 Å². The number of rotatable bonds is 10. The second-order valence-electron chi connectivity index (χ2n) is 9.43. The van der Waals surface area contributed by atoms with Gasteiger partial charge in [0, 0.05) is 5.92 Å². The number of hydrogen-bond acceptors (Lipinski definition) is 4. The van der Waals surface area contributed by atoms with Crippen molar-refractivity contribution in [2.75, 3.05) is 0 Å². The van der Waals surface area contributed by atoms with E-state index in [-0.39, 0.29) is 22.8 Å². The molecule has 0 rings (SSSR count). The summed E-state index contributed by atoms with van der Waals surface area (Å²) in [5.74, 6) is -1.85. The van der Waals surface area contributed by atoms with E-state index in [4.69, 9.17) is 9.53 Å². The van der Waals surface area contributed by atoms with Gasteiger partial charge < -0.3 is 14.6 Å². The molecule has 0 amide bonds. The second kappa shape index (κ2) is 8.80. The van der Waals surface area contributed by atoms with Crippen molar-refractivity contribution in [3.8, 4) is 0 Å². The van der Waals surface area contributed by atoms with Crippen LogP contribution in [0, 0.1) is 17.3 Å². The first-order valence-corrected chi connectivity index (χ1v) is 12.1. The lowest BCUT2D eigenvalue weighted by molar-refractivity contribution is -0.146. The van der Waals surface area contributed by atoms with E-state index in [2.05, 4.69) is 40.4 Å². The van der Waals surface area contributed by atoms with Crippen LogP contribution < -0.4 is 0 Å². The van der Waals surface area contributed by atoms with E-state index >= 15 is 0 Å². The zero-order valence-corrected chi connectivity index (χ0v) is 18.9. The molecular formula is C20H38O5Si. The molecule has 0 aromatic carbocycles. The summed E-state index contributed by atoms with van der Waals surface area (Å²) in [4.78, 5) is 24.1. The van der Waals surface area contributed by atoms with Crippen molar-refractivity contribution in [1.82, 2.24) is 0 Å². The standard InChI is InChI=1S/C20H38O5Si/c1-11-13(2)17(25-26(9,10)19(4,5)6)14(3)18(24)20(7,8)15(21)12-16(22)23/h11,13-15,17,21H,1,12H2,2-10H3,(H,22,23)/t13-,14?,15-,17?/m0/s1. The van der Waals surface area contributed by atoms with Gasteiger partial charge >= 0.3 is 5.97 Å². The fourth-order valence-electron chi connectivity index (χ4n) is 2.64. The Morgan fingerprint density at radius 3 is 1.96 bits per heavy atom. The van der Waals surface area contributed by atoms with Crippen molar-refractivity contribution in [1.29, 1.82) is 0 Å². The van der Waals surface area contributed by atoms with Crippen molar-refractivity contribution >= 4 is 20.1 Å². The lowest BCUT2D eigenvalue weighted by Crippen LogP contribution is -2.51. The van der Waals surface area contributed by atoms with Gasteiger partial charge in [0.2, 0.25) is 0 Å². The van der Waals surface area contributed by atoms with E-state index < -0.39 is 38.1 Å². The molecule has 0 aromatic rings. The average molecular weight is 387 g/mol. The molecule has 0 saturated heterocycles. The number of carbonyl (C=O) groups excluding carboxylic acids is 1. The Bertz CT molecular complexity index is 519. The molecule has 0 aliphatic heterocycles. The van der Waals surface area contributed by atoms with Crippen molar-refractivity contribution in [2.45, 2.75) is 85.2 Å². The summed E-state index contributed by atoms with van der Waals surface area (Å²) < 4.78 is 6.54. The largest absolute Gasteiger partial charge is 0.481 e. The van der Waals surface area contributed by atoms with Gasteiger partial charge in [-0.05, 0) is 24.1 Å². The molecule has 0 heterocycles. The minimum atomic E-state index is -2.12. The topological polar surface area (TPSA) is 83.8 Å². The first kappa shape index (κ1) is 25.0. The summed E-state index contributed by atoms with van der Waals surface area (Å²) in [5, 5.41) is 19.2. The van der Waals surface area contributed by atoms with Crippen LogP contribution in [0.5, 0.6) is 0 Å². The van der Waals surface area contributed by atoms with Crippen LogP contribution in [-0.2, 0) is 14.0 Å². The normalized spacial score (nSPS) is 17.9. The highest BCUT2D eigenvalue weighted by Crippen LogP contribution is 2.40. The molecule has 0 spiro atoms. The Morgan fingerprint density at radius 2 is 1.62 bits per heavy atom. The zero-order chi connectivity index (χ0) is 21.1. The fraction of sp³-hybridized carbons (Fsp3) is 0.800. The summed E-state index contributed by atoms with van der Waals surface area (Å²) in [6.07, 6.45) is -0.293. The van der Waals surface area contributed by atoms with Gasteiger partial charge in [0.05, 0.1) is 24.0 Å². The maximum atomic E-state index is 13.1. The second-order valence-corrected chi connectivity index (χ2v) is 14.2. The molecule has 0 aliphatic rings. The maximum Gasteiger partial charge on any atom is 0.306 e. The third-order valence-corrected chi connectivity index (χ3v) is 10.3. The minimum absolute atomic E-state index is 0.00670. The number of hydrogen-bond donors (Lipinski definition) is 2. The van der Waals surface area contributed by atoms with Crippen molar-refractivity contribution in [3.05, 3.63) is 12.7 Å². The molecule has 0 saturated carbocycles. The van der Waals surface area contributed by atoms with E-state index in [1.165, 1.54) is 0 Å². The molecule has 152 valence electrons. The fourth-order valence-corrected chi connectivity index (χ4v) is 4.09. The number of carboxylic acids is 1. The van der Waals surface area contributed by atoms with Crippen molar-refractivity contribution < 1.29 is 24.2 Å². The zero-order valence-electron chi connectivity index (χ0n) is 17.9. The van der Waals surface area contributed by atoms with Crippen molar-refractivity contribution in [2.24, 2.45) is 17.3 Å². The van der Waals surface area contributed by atoms with Crippen LogP contribution in [0.15, 0.2) is 12.7 Å². The molecular weight excluding hydrogens is 348 g/mol. The van der Waals surface area contributed by atoms with Gasteiger partial charge in [-0.1, -0.05) is 54.5 Å². The van der Waals surface area contributed by atoms with Crippen LogP contribution >= 0.6 is 0 Å². The minimum Gasteiger partial charge on any atom is -0.481 e. The summed E-state index contributed by atoms with van der Waals surface area (Å²) in [6, 6.07) is 0. The molecule has 26 heavy (non-hydrogen) atoms. The van der Waals surface area contributed by atoms with Crippen LogP contribution in [0.25, 0.3) is 0 Å². The number of aliphatic hydroxyl groups excluding tert-OH is 1. The van der Waals surface area contributed by atoms with E-state index in [1.807, 2.05) is 6.92 Å². The smallest absolute Gasteiger partial charge is 0.306 e. The molecule has 5 nitrogen and oxygen atoms in total. The number of aliphatic hydroxyl groups is 1. The number of aliphatic carboxylic acids is 1. The Morgan fingerprint density at radius 1 is 1.15 bits per heavy atom. The van der Waals surface area contributed by atoms with Crippen LogP contribution in [0.4, 0.5) is 0 Å². The monoisotopic (exact) mass is 386 g/mol. The highest BCUT2D eigenvalue weighted by Gasteiger charge is 2.46. The lowest BCUT2D eigenvalue weighted by Gasteiger charge is -2.43. The third kappa shape index (κ3) is 6.03. The van der Waals surface area contributed by atoms with Gasteiger partial charge in [-0.2, -0.15) is 0 Å². The third-order valence-electron chi connectivity index (χ3n) is 5.87. The summed E-state index contributed by atoms with van der Waals surface area (Å²) in [5.41, 5.74) is -1.17. The van der Waals surface area contributed by atoms with Gasteiger partial charge in [-0.15, -0.1) is 6.58 Å². The van der Waals surface area contributed by atoms with E-state index in [0.29, 0.717) is 0 Å². The molecule has 2 unspecified atom stereocenters. The molecule has 0 bridgehead atoms. The highest BCUT2D eigenvalue weighted by atomic mass is 28.4. The van der Waals surface area contributed by atoms with Gasteiger partial charge in [-0.3, -0.25) is 9.59 Å². The molecule has 2 N–H and O–H groups in total. The average Bonchev–Trinajstić information content (AvgIpc) is 2.48. The lowest BCUT2D eigenvalue weighted by atomic mass is 9.73. The summed E-state index contributed by atoms with van der Waals surface area (Å²) >= 11 is 0. The molecule has 0 aromatic heterocycles. The Hall–Kier alpha value is -0.983. The SMILES string of the molecule is C=C[C@H](C)C(O[Si](C)(C)C(C)(C)C)C(C)C(=O)C(C)(C)[C@@H](O)CC(=O)O. The van der Waals surface area contributed by atoms with Crippen LogP contribution in [0.1, 0.15) is 54.9 Å². The number of ketones is 1. The van der Waals surface area contributed by atoms with Gasteiger partial charge in [0.1, 0.15) is 5.78 Å². The van der Waals surface area contributed by atoms with E-state index in [1.54, 1.807) is 26.8 Å². The predicted molar refractivity (Wildman–Crippen MR) is 108 cm³/mol. The first-order chi connectivity index (χ1) is 11.5. The van der Waals surface area contributed by atoms with Gasteiger partial charge in [0.25, 0.3) is 0 Å². The van der Waals surface area contributed by atoms with E-state index in [9.17, 15) is 14.7 Å². The molecule has 6 heteroatoms. The summed E-state index contributed by atoms with van der Waals surface area (Å²) in [7, 11) is -2.12. The maximum absolute atomic E-state index is 13.1. The molecule has 0 aliphatic carbocycles. The molecule has 0 radical (unpaired) electrons. The number of carbonyl (C=O) groups is 2. The van der Waals surface area contributed by atoms with Crippen LogP contribution in [0.2, 0.25) is 18.1 Å². The molecule has 0 fully saturated rings. The summed E-state index contributed by atoms with van der Waals surface area (Å²) in [6.45, 7) is 21.5. The number of Topliss-reactive ketones (excluding diaryl/α,β-unsaturated/α-hetero) is 1. The molecule has 4 atom stereocenters. The van der Waals surface area contributed by atoms with Gasteiger partial charge in [0.15, 0.2) is 8.32 Å². The predicted octanol–water partition coefficient (Wildman–Crippen LogP) is 4.27. The Labute approximate surface area is 160 Å². The number of carboxylic acid groups (broad SMARTS) is 1. The quantitative estimate of drug-likeness (QED) is 0.433. The highest BCUT2D eigenvalue weighted by molar-refractivity contribution is 6.74. The Kier molecular flexibility index (Phi) is 8.47. The first-order valence-electron chi connectivity index (χ1n) is 9.23. The Balaban J connectivity index is 5.68. The van der Waals surface area contributed by atoms with E-state index in [0.717, 1.165) is 0 Å². The van der Waals surface area contributed by atoms with Gasteiger partial charge in [-0.25, -0.2) is 0 Å². The van der Waals surface area contributed by atoms with Crippen LogP contribution in [0.3, 0.4) is 0 Å².